The van der Waals surface area contributed by atoms with Gasteiger partial charge in [0.15, 0.2) is 0 Å². The van der Waals surface area contributed by atoms with Crippen LogP contribution in [0.1, 0.15) is 267 Å². The van der Waals surface area contributed by atoms with E-state index in [1.807, 2.05) is 0 Å². The normalized spacial score (nSPS) is 13.4. The molecule has 1 aliphatic rings. The van der Waals surface area contributed by atoms with Gasteiger partial charge >= 0.3 is 5.97 Å². The summed E-state index contributed by atoms with van der Waals surface area (Å²) in [5.74, 6) is 1.92. The molecule has 0 radical (unpaired) electrons. The molecule has 1 fully saturated rings. The molecular weight excluding hydrogens is 665 g/mol. The van der Waals surface area contributed by atoms with Gasteiger partial charge < -0.3 is 15.4 Å². The van der Waals surface area contributed by atoms with E-state index in [0.29, 0.717) is 24.8 Å². The SMILES string of the molecule is CCC.CCCCCCCCC(CCCCCCCC)OC(=O)CCCCC1CC1.CCCCCCCCCCCNC(=O)CCNC(CC)C(C)CC. The maximum absolute atomic E-state index is 12.2. The number of esters is 1. The second kappa shape index (κ2) is 44.6. The Morgan fingerprint density at radius 1 is 0.556 bits per heavy atom. The van der Waals surface area contributed by atoms with Gasteiger partial charge in [-0.05, 0) is 56.8 Å². The number of amides is 1. The molecule has 2 unspecified atom stereocenters. The Kier molecular flexibility index (Phi) is 45.4. The third-order valence-corrected chi connectivity index (χ3v) is 11.1. The molecule has 0 saturated heterocycles. The molecule has 2 N–H and O–H groups in total. The van der Waals surface area contributed by atoms with Crippen molar-refractivity contribution in [3.05, 3.63) is 0 Å². The Hall–Kier alpha value is -1.10. The minimum Gasteiger partial charge on any atom is -0.462 e. The van der Waals surface area contributed by atoms with Gasteiger partial charge in [-0.15, -0.1) is 0 Å². The van der Waals surface area contributed by atoms with Gasteiger partial charge in [-0.2, -0.15) is 0 Å². The Labute approximate surface area is 340 Å². The van der Waals surface area contributed by atoms with Crippen molar-refractivity contribution in [1.82, 2.24) is 10.6 Å². The van der Waals surface area contributed by atoms with Crippen LogP contribution in [-0.4, -0.2) is 37.1 Å². The second-order valence-electron chi connectivity index (χ2n) is 16.9. The first-order valence-corrected chi connectivity index (χ1v) is 24.5. The van der Waals surface area contributed by atoms with Crippen LogP contribution in [0.2, 0.25) is 0 Å². The first-order valence-electron chi connectivity index (χ1n) is 24.5. The molecule has 0 bridgehead atoms. The summed E-state index contributed by atoms with van der Waals surface area (Å²) >= 11 is 0. The minimum absolute atomic E-state index is 0.0627. The molecule has 0 aromatic carbocycles. The van der Waals surface area contributed by atoms with Crippen LogP contribution in [0.3, 0.4) is 0 Å². The van der Waals surface area contributed by atoms with E-state index in [-0.39, 0.29) is 18.0 Å². The molecule has 0 heterocycles. The summed E-state index contributed by atoms with van der Waals surface area (Å²) in [6.07, 6.45) is 41.2. The minimum atomic E-state index is 0.0627. The van der Waals surface area contributed by atoms with E-state index >= 15 is 0 Å². The molecule has 0 aliphatic heterocycles. The lowest BCUT2D eigenvalue weighted by molar-refractivity contribution is -0.150. The molecule has 5 nitrogen and oxygen atoms in total. The molecule has 5 heteroatoms. The zero-order valence-corrected chi connectivity index (χ0v) is 38.3. The van der Waals surface area contributed by atoms with Gasteiger partial charge in [0.05, 0.1) is 0 Å². The monoisotopic (exact) mass is 765 g/mol. The zero-order valence-electron chi connectivity index (χ0n) is 38.3. The highest BCUT2D eigenvalue weighted by Gasteiger charge is 2.21. The smallest absolute Gasteiger partial charge is 0.306 e. The summed E-state index contributed by atoms with van der Waals surface area (Å²) < 4.78 is 5.89. The Balaban J connectivity index is 0. The molecule has 1 amide bonds. The topological polar surface area (TPSA) is 67.4 Å². The Morgan fingerprint density at radius 2 is 1.02 bits per heavy atom. The van der Waals surface area contributed by atoms with Crippen molar-refractivity contribution in [3.8, 4) is 0 Å². The van der Waals surface area contributed by atoms with E-state index in [1.54, 1.807) is 0 Å². The third-order valence-electron chi connectivity index (χ3n) is 11.1. The fraction of sp³-hybridized carbons (Fsp3) is 0.959. The number of carbonyl (C=O) groups is 2. The number of ether oxygens (including phenoxy) is 1. The lowest BCUT2D eigenvalue weighted by atomic mass is 9.97. The number of carbonyl (C=O) groups excluding carboxylic acids is 2. The fourth-order valence-corrected chi connectivity index (χ4v) is 7.08. The average Bonchev–Trinajstić information content (AvgIpc) is 4.00. The van der Waals surface area contributed by atoms with Crippen molar-refractivity contribution >= 4 is 11.9 Å². The number of hydrogen-bond donors (Lipinski definition) is 2. The van der Waals surface area contributed by atoms with Crippen LogP contribution in [0.25, 0.3) is 0 Å². The summed E-state index contributed by atoms with van der Waals surface area (Å²) in [6.45, 7) is 19.4. The van der Waals surface area contributed by atoms with Crippen LogP contribution < -0.4 is 10.6 Å². The van der Waals surface area contributed by atoms with Crippen LogP contribution in [0.4, 0.5) is 0 Å². The fourth-order valence-electron chi connectivity index (χ4n) is 7.08. The number of hydrogen-bond acceptors (Lipinski definition) is 4. The van der Waals surface area contributed by atoms with Crippen molar-refractivity contribution in [2.75, 3.05) is 13.1 Å². The lowest BCUT2D eigenvalue weighted by Crippen LogP contribution is -2.37. The van der Waals surface area contributed by atoms with Crippen LogP contribution in [0, 0.1) is 11.8 Å². The summed E-state index contributed by atoms with van der Waals surface area (Å²) in [6, 6.07) is 0.542. The summed E-state index contributed by atoms with van der Waals surface area (Å²) in [5.41, 5.74) is 0. The van der Waals surface area contributed by atoms with Crippen molar-refractivity contribution in [1.29, 1.82) is 0 Å². The zero-order chi connectivity index (χ0) is 40.3. The quantitative estimate of drug-likeness (QED) is 0.0488. The van der Waals surface area contributed by atoms with Crippen molar-refractivity contribution in [3.63, 3.8) is 0 Å². The van der Waals surface area contributed by atoms with Crippen molar-refractivity contribution < 1.29 is 14.3 Å². The first kappa shape index (κ1) is 55.0. The molecule has 2 atom stereocenters. The van der Waals surface area contributed by atoms with Crippen LogP contribution in [0.5, 0.6) is 0 Å². The van der Waals surface area contributed by atoms with E-state index in [9.17, 15) is 9.59 Å². The predicted molar refractivity (Wildman–Crippen MR) is 239 cm³/mol. The molecular formula is C49H100N2O3. The van der Waals surface area contributed by atoms with E-state index in [1.165, 1.54) is 167 Å². The highest BCUT2D eigenvalue weighted by Crippen LogP contribution is 2.34. The Morgan fingerprint density at radius 3 is 1.46 bits per heavy atom. The lowest BCUT2D eigenvalue weighted by Gasteiger charge is -2.22. The first-order chi connectivity index (χ1) is 26.3. The Bertz CT molecular complexity index is 739. The molecule has 1 aliphatic carbocycles. The van der Waals surface area contributed by atoms with Gasteiger partial charge in [0.1, 0.15) is 6.10 Å². The predicted octanol–water partition coefficient (Wildman–Crippen LogP) is 15.2. The summed E-state index contributed by atoms with van der Waals surface area (Å²) in [7, 11) is 0. The van der Waals surface area contributed by atoms with E-state index in [4.69, 9.17) is 4.74 Å². The average molecular weight is 765 g/mol. The molecule has 324 valence electrons. The van der Waals surface area contributed by atoms with Gasteiger partial charge in [0, 0.05) is 32.0 Å². The van der Waals surface area contributed by atoms with Crippen LogP contribution in [0.15, 0.2) is 0 Å². The number of rotatable bonds is 37. The van der Waals surface area contributed by atoms with Gasteiger partial charge in [-0.3, -0.25) is 9.59 Å². The molecule has 0 spiro atoms. The van der Waals surface area contributed by atoms with E-state index < -0.39 is 0 Å². The highest BCUT2D eigenvalue weighted by atomic mass is 16.5. The van der Waals surface area contributed by atoms with Gasteiger partial charge in [0.2, 0.25) is 5.91 Å². The van der Waals surface area contributed by atoms with Gasteiger partial charge in [-0.1, -0.05) is 209 Å². The van der Waals surface area contributed by atoms with Gasteiger partial charge in [0.25, 0.3) is 0 Å². The van der Waals surface area contributed by atoms with Gasteiger partial charge in [-0.25, -0.2) is 0 Å². The summed E-state index contributed by atoms with van der Waals surface area (Å²) in [5, 5.41) is 6.59. The standard InChI is InChI=1S/C25H48O2.C21H44N2O.C3H8/c1-3-5-7-9-11-13-18-24(19-14-12-10-8-6-4-2)27-25(26)20-16-15-17-23-21-22-23;1-5-8-9-10-11-12-13-14-15-17-23-21(24)16-18-22-20(7-3)19(4)6-2;1-3-2/h23-24H,3-22H2,1-2H3;19-20,22H,5-18H2,1-4H3,(H,23,24);3H2,1-2H3. The van der Waals surface area contributed by atoms with Crippen molar-refractivity contribution in [2.24, 2.45) is 11.8 Å². The van der Waals surface area contributed by atoms with E-state index in [0.717, 1.165) is 51.1 Å². The third kappa shape index (κ3) is 42.1. The highest BCUT2D eigenvalue weighted by molar-refractivity contribution is 5.76. The number of unbranched alkanes of at least 4 members (excludes halogenated alkanes) is 19. The van der Waals surface area contributed by atoms with Crippen LogP contribution >= 0.6 is 0 Å². The molecule has 1 rings (SSSR count). The second-order valence-corrected chi connectivity index (χ2v) is 16.9. The molecule has 54 heavy (non-hydrogen) atoms. The van der Waals surface area contributed by atoms with E-state index in [2.05, 4.69) is 66.0 Å². The largest absolute Gasteiger partial charge is 0.462 e. The van der Waals surface area contributed by atoms with Crippen molar-refractivity contribution in [2.45, 2.75) is 279 Å². The molecule has 0 aromatic rings. The van der Waals surface area contributed by atoms with Crippen LogP contribution in [-0.2, 0) is 14.3 Å². The maximum Gasteiger partial charge on any atom is 0.306 e. The molecule has 0 aromatic heterocycles. The summed E-state index contributed by atoms with van der Waals surface area (Å²) in [4.78, 5) is 24.1. The maximum atomic E-state index is 12.2. The molecule has 1 saturated carbocycles. The number of nitrogens with one attached hydrogen (secondary N) is 2.